The first-order valence-corrected chi connectivity index (χ1v) is 5.79. The third kappa shape index (κ3) is 3.45. The standard InChI is InChI=1S/C11H14BrN3O2/c1-6-3-4-8(12)9(5-6)14-11(16)7(2)10(13)15-17/h3-5,7,17H,1-2H3,(H2,13,15)(H,14,16). The molecule has 0 aliphatic carbocycles. The zero-order chi connectivity index (χ0) is 13.0. The average Bonchev–Trinajstić information content (AvgIpc) is 2.31. The SMILES string of the molecule is Cc1ccc(Br)c(NC(=O)C(C)/C(N)=N/O)c1. The highest BCUT2D eigenvalue weighted by atomic mass is 79.9. The van der Waals surface area contributed by atoms with Crippen molar-refractivity contribution in [1.29, 1.82) is 0 Å². The molecule has 0 aliphatic rings. The van der Waals surface area contributed by atoms with Crippen LogP contribution >= 0.6 is 15.9 Å². The number of nitrogens with two attached hydrogens (primary N) is 1. The number of aryl methyl sites for hydroxylation is 1. The van der Waals surface area contributed by atoms with Crippen LogP contribution in [0.3, 0.4) is 0 Å². The number of rotatable bonds is 3. The molecule has 1 unspecified atom stereocenters. The van der Waals surface area contributed by atoms with E-state index in [1.165, 1.54) is 0 Å². The Morgan fingerprint density at radius 1 is 1.59 bits per heavy atom. The molecule has 1 rings (SSSR count). The van der Waals surface area contributed by atoms with Crippen LogP contribution in [-0.2, 0) is 4.79 Å². The molecule has 4 N–H and O–H groups in total. The molecule has 1 atom stereocenters. The highest BCUT2D eigenvalue weighted by molar-refractivity contribution is 9.10. The predicted molar refractivity (Wildman–Crippen MR) is 70.1 cm³/mol. The van der Waals surface area contributed by atoms with E-state index in [2.05, 4.69) is 26.4 Å². The fraction of sp³-hybridized carbons (Fsp3) is 0.273. The van der Waals surface area contributed by atoms with Crippen molar-refractivity contribution in [1.82, 2.24) is 0 Å². The predicted octanol–water partition coefficient (Wildman–Crippen LogP) is 2.08. The van der Waals surface area contributed by atoms with Gasteiger partial charge in [-0.15, -0.1) is 0 Å². The molecule has 0 bridgehead atoms. The highest BCUT2D eigenvalue weighted by Crippen LogP contribution is 2.23. The molecular weight excluding hydrogens is 286 g/mol. The summed E-state index contributed by atoms with van der Waals surface area (Å²) in [7, 11) is 0. The molecule has 5 nitrogen and oxygen atoms in total. The largest absolute Gasteiger partial charge is 0.409 e. The van der Waals surface area contributed by atoms with Gasteiger partial charge in [-0.2, -0.15) is 0 Å². The second-order valence-electron chi connectivity index (χ2n) is 3.72. The number of hydrogen-bond donors (Lipinski definition) is 3. The van der Waals surface area contributed by atoms with Crippen molar-refractivity contribution in [3.8, 4) is 0 Å². The summed E-state index contributed by atoms with van der Waals surface area (Å²) in [5, 5.41) is 14.0. The number of amidine groups is 1. The number of nitrogens with one attached hydrogen (secondary N) is 1. The number of halogens is 1. The van der Waals surface area contributed by atoms with Crippen molar-refractivity contribution in [2.24, 2.45) is 16.8 Å². The molecular formula is C11H14BrN3O2. The van der Waals surface area contributed by atoms with E-state index in [0.717, 1.165) is 10.0 Å². The minimum absolute atomic E-state index is 0.119. The van der Waals surface area contributed by atoms with Gasteiger partial charge < -0.3 is 16.3 Å². The fourth-order valence-electron chi connectivity index (χ4n) is 1.20. The lowest BCUT2D eigenvalue weighted by molar-refractivity contribution is -0.117. The zero-order valence-corrected chi connectivity index (χ0v) is 11.2. The van der Waals surface area contributed by atoms with Crippen LogP contribution in [0.25, 0.3) is 0 Å². The Morgan fingerprint density at radius 3 is 2.82 bits per heavy atom. The van der Waals surface area contributed by atoms with Crippen LogP contribution in [0.2, 0.25) is 0 Å². The number of amides is 1. The highest BCUT2D eigenvalue weighted by Gasteiger charge is 2.18. The molecule has 0 saturated heterocycles. The number of benzene rings is 1. The molecule has 17 heavy (non-hydrogen) atoms. The van der Waals surface area contributed by atoms with E-state index < -0.39 is 5.92 Å². The van der Waals surface area contributed by atoms with E-state index in [9.17, 15) is 4.79 Å². The number of nitrogens with zero attached hydrogens (tertiary/aromatic N) is 1. The van der Waals surface area contributed by atoms with E-state index in [1.54, 1.807) is 6.92 Å². The third-order valence-electron chi connectivity index (χ3n) is 2.33. The van der Waals surface area contributed by atoms with Gasteiger partial charge in [-0.05, 0) is 47.5 Å². The Kier molecular flexibility index (Phi) is 4.51. The Bertz CT molecular complexity index is 460. The van der Waals surface area contributed by atoms with Gasteiger partial charge in [0, 0.05) is 4.47 Å². The maximum atomic E-state index is 11.8. The van der Waals surface area contributed by atoms with Crippen LogP contribution in [0.15, 0.2) is 27.8 Å². The van der Waals surface area contributed by atoms with E-state index >= 15 is 0 Å². The summed E-state index contributed by atoms with van der Waals surface area (Å²) in [6, 6.07) is 5.60. The summed E-state index contributed by atoms with van der Waals surface area (Å²) in [6.45, 7) is 3.49. The molecule has 0 aromatic heterocycles. The van der Waals surface area contributed by atoms with E-state index in [1.807, 2.05) is 25.1 Å². The lowest BCUT2D eigenvalue weighted by Crippen LogP contribution is -2.32. The van der Waals surface area contributed by atoms with E-state index in [4.69, 9.17) is 10.9 Å². The lowest BCUT2D eigenvalue weighted by Gasteiger charge is -2.12. The monoisotopic (exact) mass is 299 g/mol. The first-order chi connectivity index (χ1) is 7.95. The van der Waals surface area contributed by atoms with Crippen LogP contribution in [-0.4, -0.2) is 17.0 Å². The first-order valence-electron chi connectivity index (χ1n) is 5.00. The van der Waals surface area contributed by atoms with Crippen LogP contribution in [0.4, 0.5) is 5.69 Å². The summed E-state index contributed by atoms with van der Waals surface area (Å²) in [6.07, 6.45) is 0. The molecule has 0 saturated carbocycles. The van der Waals surface area contributed by atoms with Gasteiger partial charge in [0.15, 0.2) is 5.84 Å². The van der Waals surface area contributed by atoms with Gasteiger partial charge in [-0.25, -0.2) is 0 Å². The van der Waals surface area contributed by atoms with Crippen molar-refractivity contribution in [2.45, 2.75) is 13.8 Å². The summed E-state index contributed by atoms with van der Waals surface area (Å²) < 4.78 is 0.781. The molecule has 1 aromatic rings. The van der Waals surface area contributed by atoms with Gasteiger partial charge in [0.2, 0.25) is 5.91 Å². The molecule has 0 fully saturated rings. The average molecular weight is 300 g/mol. The maximum absolute atomic E-state index is 11.8. The number of anilines is 1. The smallest absolute Gasteiger partial charge is 0.234 e. The van der Waals surface area contributed by atoms with E-state index in [-0.39, 0.29) is 11.7 Å². The van der Waals surface area contributed by atoms with Gasteiger partial charge in [0.05, 0.1) is 11.6 Å². The molecule has 0 radical (unpaired) electrons. The molecule has 6 heteroatoms. The molecule has 1 amide bonds. The zero-order valence-electron chi connectivity index (χ0n) is 9.57. The van der Waals surface area contributed by atoms with Crippen molar-refractivity contribution in [3.05, 3.63) is 28.2 Å². The van der Waals surface area contributed by atoms with Gasteiger partial charge in [-0.1, -0.05) is 11.2 Å². The topological polar surface area (TPSA) is 87.7 Å². The minimum atomic E-state index is -0.688. The minimum Gasteiger partial charge on any atom is -0.409 e. The Hall–Kier alpha value is -1.56. The van der Waals surface area contributed by atoms with Crippen LogP contribution in [0.1, 0.15) is 12.5 Å². The summed E-state index contributed by atoms with van der Waals surface area (Å²) in [4.78, 5) is 11.8. The molecule has 92 valence electrons. The van der Waals surface area contributed by atoms with Gasteiger partial charge >= 0.3 is 0 Å². The normalized spacial score (nSPS) is 13.2. The van der Waals surface area contributed by atoms with Crippen molar-refractivity contribution in [2.75, 3.05) is 5.32 Å². The Balaban J connectivity index is 2.84. The van der Waals surface area contributed by atoms with E-state index in [0.29, 0.717) is 5.69 Å². The van der Waals surface area contributed by atoms with Crippen LogP contribution in [0.5, 0.6) is 0 Å². The van der Waals surface area contributed by atoms with Crippen molar-refractivity contribution >= 4 is 33.4 Å². The van der Waals surface area contributed by atoms with Crippen molar-refractivity contribution in [3.63, 3.8) is 0 Å². The fourth-order valence-corrected chi connectivity index (χ4v) is 1.54. The van der Waals surface area contributed by atoms with Gasteiger partial charge in [0.1, 0.15) is 0 Å². The Labute approximate surface area is 108 Å². The van der Waals surface area contributed by atoms with Crippen molar-refractivity contribution < 1.29 is 10.0 Å². The number of carbonyl (C=O) groups excluding carboxylic acids is 1. The molecule has 0 heterocycles. The lowest BCUT2D eigenvalue weighted by atomic mass is 10.1. The third-order valence-corrected chi connectivity index (χ3v) is 3.02. The molecule has 1 aromatic carbocycles. The number of oxime groups is 1. The number of carbonyl (C=O) groups is 1. The van der Waals surface area contributed by atoms with Crippen LogP contribution < -0.4 is 11.1 Å². The van der Waals surface area contributed by atoms with Gasteiger partial charge in [0.25, 0.3) is 0 Å². The number of hydrogen-bond acceptors (Lipinski definition) is 3. The van der Waals surface area contributed by atoms with Crippen LogP contribution in [0, 0.1) is 12.8 Å². The summed E-state index contributed by atoms with van der Waals surface area (Å²) in [5.74, 6) is -1.13. The second-order valence-corrected chi connectivity index (χ2v) is 4.57. The summed E-state index contributed by atoms with van der Waals surface area (Å²) >= 11 is 3.34. The summed E-state index contributed by atoms with van der Waals surface area (Å²) in [5.41, 5.74) is 7.05. The second kappa shape index (κ2) is 5.67. The molecule has 0 aliphatic heterocycles. The van der Waals surface area contributed by atoms with Gasteiger partial charge in [-0.3, -0.25) is 4.79 Å². The Morgan fingerprint density at radius 2 is 2.24 bits per heavy atom. The molecule has 0 spiro atoms. The maximum Gasteiger partial charge on any atom is 0.234 e. The quantitative estimate of drug-likeness (QED) is 0.345. The first kappa shape index (κ1) is 13.5.